The van der Waals surface area contributed by atoms with Crippen LogP contribution in [0.5, 0.6) is 0 Å². The van der Waals surface area contributed by atoms with Crippen LogP contribution in [0, 0.1) is 16.7 Å². The first-order chi connectivity index (χ1) is 2.77. The third kappa shape index (κ3) is 2.96. The van der Waals surface area contributed by atoms with Crippen molar-refractivity contribution < 1.29 is 5.11 Å². The van der Waals surface area contributed by atoms with Crippen LogP contribution in [0.1, 0.15) is 6.42 Å². The fourth-order valence-electron chi connectivity index (χ4n) is 0.0718. The molecule has 0 saturated heterocycles. The predicted octanol–water partition coefficient (Wildman–Crippen LogP) is -0.762. The summed E-state index contributed by atoms with van der Waals surface area (Å²) in [6.07, 6.45) is -0.292. The highest BCUT2D eigenvalue weighted by Gasteiger charge is 1.69. The zero-order valence-electron chi connectivity index (χ0n) is 3.06. The number of hydrogen-bond acceptors (Lipinski definition) is 3. The molecule has 0 aromatic heterocycles. The quantitative estimate of drug-likeness (QED) is 0.334. The van der Waals surface area contributed by atoms with E-state index < -0.39 is 5.90 Å². The van der Waals surface area contributed by atoms with E-state index in [0.29, 0.717) is 0 Å². The number of hydrogen-bond donors (Lipinski definition) is 1. The minimum atomic E-state index is -0.822. The van der Waals surface area contributed by atoms with Crippen molar-refractivity contribution in [2.24, 2.45) is 0 Å². The summed E-state index contributed by atoms with van der Waals surface area (Å²) >= 11 is 0. The number of rotatable bonds is 1. The average molecular weight is 83.1 g/mol. The van der Waals surface area contributed by atoms with Crippen LogP contribution in [0.25, 0.3) is 0 Å². The van der Waals surface area contributed by atoms with Crippen molar-refractivity contribution in [3.63, 3.8) is 0 Å². The highest BCUT2D eigenvalue weighted by atomic mass is 16.3. The molecule has 0 unspecified atom stereocenters. The molecule has 0 heterocycles. The van der Waals surface area contributed by atoms with E-state index in [2.05, 4.69) is 0 Å². The van der Waals surface area contributed by atoms with E-state index in [0.717, 1.165) is 0 Å². The molecule has 0 aliphatic carbocycles. The average Bonchev–Trinajstić information content (AvgIpc) is 1.35. The molecule has 0 fully saturated rings. The third-order valence-electron chi connectivity index (χ3n) is 0.240. The number of nitriles is 1. The van der Waals surface area contributed by atoms with E-state index in [-0.39, 0.29) is 6.42 Å². The van der Waals surface area contributed by atoms with E-state index in [9.17, 15) is 5.11 Å². The second-order valence-corrected chi connectivity index (χ2v) is 0.758. The van der Waals surface area contributed by atoms with Crippen molar-refractivity contribution in [2.75, 3.05) is 0 Å². The van der Waals surface area contributed by atoms with Crippen LogP contribution in [0.3, 0.4) is 0 Å². The molecule has 1 N–H and O–H groups in total. The SMILES string of the molecule is N#CCC(=N)[O-]. The molecule has 0 atom stereocenters. The van der Waals surface area contributed by atoms with Crippen LogP contribution in [-0.2, 0) is 0 Å². The topological polar surface area (TPSA) is 70.7 Å². The number of nitrogens with zero attached hydrogens (tertiary/aromatic N) is 1. The van der Waals surface area contributed by atoms with Gasteiger partial charge in [0, 0.05) is 0 Å². The van der Waals surface area contributed by atoms with E-state index >= 15 is 0 Å². The largest absolute Gasteiger partial charge is 0.861 e. The Balaban J connectivity index is 3.13. The molecule has 0 spiro atoms. The summed E-state index contributed by atoms with van der Waals surface area (Å²) in [5.41, 5.74) is 0. The fourth-order valence-corrected chi connectivity index (χ4v) is 0.0718. The van der Waals surface area contributed by atoms with Gasteiger partial charge in [-0.25, -0.2) is 0 Å². The first-order valence-corrected chi connectivity index (χ1v) is 1.38. The second kappa shape index (κ2) is 2.21. The van der Waals surface area contributed by atoms with Gasteiger partial charge in [-0.3, -0.25) is 0 Å². The van der Waals surface area contributed by atoms with Crippen molar-refractivity contribution in [3.8, 4) is 6.07 Å². The standard InChI is InChI=1S/C3H4N2O/c4-2-1-3(5)6/h1H2,(H2,5,6)/p-1. The lowest BCUT2D eigenvalue weighted by molar-refractivity contribution is -0.219. The van der Waals surface area contributed by atoms with Crippen molar-refractivity contribution in [1.29, 1.82) is 10.7 Å². The van der Waals surface area contributed by atoms with Crippen LogP contribution in [0.15, 0.2) is 0 Å². The highest BCUT2D eigenvalue weighted by molar-refractivity contribution is 5.69. The molecule has 0 radical (unpaired) electrons. The van der Waals surface area contributed by atoms with Gasteiger partial charge in [0.05, 0.1) is 12.5 Å². The van der Waals surface area contributed by atoms with Gasteiger partial charge < -0.3 is 10.5 Å². The molecular formula is C3H3N2O-. The van der Waals surface area contributed by atoms with E-state index in [1.54, 1.807) is 0 Å². The van der Waals surface area contributed by atoms with Crippen LogP contribution in [0.4, 0.5) is 0 Å². The monoisotopic (exact) mass is 83.0 g/mol. The first-order valence-electron chi connectivity index (χ1n) is 1.38. The van der Waals surface area contributed by atoms with Crippen molar-refractivity contribution in [1.82, 2.24) is 0 Å². The highest BCUT2D eigenvalue weighted by Crippen LogP contribution is 1.64. The van der Waals surface area contributed by atoms with E-state index in [1.807, 2.05) is 0 Å². The second-order valence-electron chi connectivity index (χ2n) is 0.758. The van der Waals surface area contributed by atoms with Gasteiger partial charge in [0.25, 0.3) is 0 Å². The molecule has 0 bridgehead atoms. The van der Waals surface area contributed by atoms with Crippen molar-refractivity contribution in [3.05, 3.63) is 0 Å². The number of nitrogens with one attached hydrogen (secondary N) is 1. The molecule has 0 rings (SSSR count). The predicted molar refractivity (Wildman–Crippen MR) is 18.0 cm³/mol. The van der Waals surface area contributed by atoms with Gasteiger partial charge >= 0.3 is 0 Å². The Morgan fingerprint density at radius 2 is 2.50 bits per heavy atom. The maximum atomic E-state index is 9.49. The summed E-state index contributed by atoms with van der Waals surface area (Å²) in [5, 5.41) is 23.2. The maximum absolute atomic E-state index is 9.49. The zero-order valence-corrected chi connectivity index (χ0v) is 3.06. The molecule has 6 heavy (non-hydrogen) atoms. The first kappa shape index (κ1) is 4.96. The lowest BCUT2D eigenvalue weighted by Gasteiger charge is -1.95. The Hall–Kier alpha value is -1.04. The van der Waals surface area contributed by atoms with Crippen LogP contribution in [-0.4, -0.2) is 5.90 Å². The van der Waals surface area contributed by atoms with Crippen LogP contribution < -0.4 is 5.11 Å². The summed E-state index contributed by atoms with van der Waals surface area (Å²) in [6.45, 7) is 0. The molecule has 0 aliphatic heterocycles. The molecule has 0 aliphatic rings. The van der Waals surface area contributed by atoms with Gasteiger partial charge in [0.1, 0.15) is 0 Å². The van der Waals surface area contributed by atoms with Gasteiger partial charge in [0.15, 0.2) is 0 Å². The Bertz CT molecular complexity index is 91.5. The third-order valence-corrected chi connectivity index (χ3v) is 0.240. The van der Waals surface area contributed by atoms with Crippen molar-refractivity contribution >= 4 is 5.90 Å². The smallest absolute Gasteiger partial charge is 0.0672 e. The molecule has 32 valence electrons. The van der Waals surface area contributed by atoms with Gasteiger partial charge in [-0.2, -0.15) is 5.26 Å². The molecule has 0 aromatic rings. The van der Waals surface area contributed by atoms with Crippen molar-refractivity contribution in [2.45, 2.75) is 6.42 Å². The maximum Gasteiger partial charge on any atom is 0.0672 e. The fraction of sp³-hybridized carbons (Fsp3) is 0.333. The molecule has 0 aromatic carbocycles. The van der Waals surface area contributed by atoms with Crippen LogP contribution >= 0.6 is 0 Å². The summed E-state index contributed by atoms with van der Waals surface area (Å²) in [6, 6.07) is 1.53. The Morgan fingerprint density at radius 3 is 2.50 bits per heavy atom. The Morgan fingerprint density at radius 1 is 2.00 bits per heavy atom. The summed E-state index contributed by atoms with van der Waals surface area (Å²) in [5.74, 6) is -0.822. The molecular weight excluding hydrogens is 80.0 g/mol. The van der Waals surface area contributed by atoms with E-state index in [1.165, 1.54) is 6.07 Å². The summed E-state index contributed by atoms with van der Waals surface area (Å²) in [4.78, 5) is 0. The Labute approximate surface area is 35.3 Å². The molecule has 0 amide bonds. The van der Waals surface area contributed by atoms with Crippen LogP contribution in [0.2, 0.25) is 0 Å². The van der Waals surface area contributed by atoms with Gasteiger partial charge in [-0.1, -0.05) is 0 Å². The van der Waals surface area contributed by atoms with Gasteiger partial charge in [0.2, 0.25) is 0 Å². The Kier molecular flexibility index (Phi) is 1.83. The molecule has 0 saturated carbocycles. The van der Waals surface area contributed by atoms with E-state index in [4.69, 9.17) is 10.7 Å². The lowest BCUT2D eigenvalue weighted by Crippen LogP contribution is -2.13. The van der Waals surface area contributed by atoms with Gasteiger partial charge in [-0.15, -0.1) is 0 Å². The normalized spacial score (nSPS) is 6.50. The molecule has 3 heteroatoms. The minimum absolute atomic E-state index is 0.292. The lowest BCUT2D eigenvalue weighted by atomic mass is 10.5. The molecule has 3 nitrogen and oxygen atoms in total. The zero-order chi connectivity index (χ0) is 4.99. The summed E-state index contributed by atoms with van der Waals surface area (Å²) < 4.78 is 0. The minimum Gasteiger partial charge on any atom is -0.861 e. The summed E-state index contributed by atoms with van der Waals surface area (Å²) in [7, 11) is 0. The van der Waals surface area contributed by atoms with Gasteiger partial charge in [-0.05, 0) is 5.90 Å².